The van der Waals surface area contributed by atoms with E-state index >= 15 is 0 Å². The first-order valence-corrected chi connectivity index (χ1v) is 5.32. The minimum Gasteiger partial charge on any atom is -0.480 e. The lowest BCUT2D eigenvalue weighted by Crippen LogP contribution is -2.49. The van der Waals surface area contributed by atoms with Gasteiger partial charge in [0.2, 0.25) is 0 Å². The molecule has 1 unspecified atom stereocenters. The number of aliphatic carboxylic acids is 1. The molecule has 0 aliphatic rings. The van der Waals surface area contributed by atoms with Crippen molar-refractivity contribution in [1.29, 1.82) is 0 Å². The second-order valence-electron chi connectivity index (χ2n) is 4.94. The number of carbonyl (C=O) groups is 2. The van der Waals surface area contributed by atoms with E-state index in [1.54, 1.807) is 0 Å². The molecule has 0 heterocycles. The number of carboxylic acid groups (broad SMARTS) is 1. The molecule has 0 aromatic heterocycles. The SMILES string of the molecule is CC(C)(C)OC(=O)NC(CC(F)(F)C(F)(F)F)C(=O)O. The number of carboxylic acids is 1. The van der Waals surface area contributed by atoms with Crippen molar-refractivity contribution in [3.63, 3.8) is 0 Å². The molecule has 2 N–H and O–H groups in total. The van der Waals surface area contributed by atoms with E-state index in [0.29, 0.717) is 0 Å². The van der Waals surface area contributed by atoms with Crippen LogP contribution in [0.5, 0.6) is 0 Å². The van der Waals surface area contributed by atoms with E-state index in [2.05, 4.69) is 4.74 Å². The van der Waals surface area contributed by atoms with Crippen molar-refractivity contribution in [3.05, 3.63) is 0 Å². The van der Waals surface area contributed by atoms with E-state index in [-0.39, 0.29) is 0 Å². The van der Waals surface area contributed by atoms with Gasteiger partial charge in [0, 0.05) is 0 Å². The second kappa shape index (κ2) is 5.80. The molecule has 10 heteroatoms. The number of rotatable bonds is 4. The van der Waals surface area contributed by atoms with Crippen molar-refractivity contribution in [2.24, 2.45) is 0 Å². The van der Waals surface area contributed by atoms with Crippen molar-refractivity contribution in [2.75, 3.05) is 0 Å². The smallest absolute Gasteiger partial charge is 0.453 e. The zero-order chi connectivity index (χ0) is 16.4. The summed E-state index contributed by atoms with van der Waals surface area (Å²) < 4.78 is 66.0. The monoisotopic (exact) mass is 307 g/mol. The van der Waals surface area contributed by atoms with Crippen LogP contribution in [-0.4, -0.2) is 40.9 Å². The van der Waals surface area contributed by atoms with Gasteiger partial charge >= 0.3 is 24.2 Å². The lowest BCUT2D eigenvalue weighted by Gasteiger charge is -2.25. The van der Waals surface area contributed by atoms with Crippen molar-refractivity contribution in [2.45, 2.75) is 50.9 Å². The van der Waals surface area contributed by atoms with Crippen LogP contribution in [0.15, 0.2) is 0 Å². The Kier molecular flexibility index (Phi) is 5.33. The maximum Gasteiger partial charge on any atom is 0.453 e. The van der Waals surface area contributed by atoms with Gasteiger partial charge in [0.05, 0.1) is 6.42 Å². The van der Waals surface area contributed by atoms with Gasteiger partial charge in [0.15, 0.2) is 0 Å². The summed E-state index contributed by atoms with van der Waals surface area (Å²) in [6.45, 7) is 4.23. The quantitative estimate of drug-likeness (QED) is 0.783. The average Bonchev–Trinajstić information content (AvgIpc) is 2.10. The summed E-state index contributed by atoms with van der Waals surface area (Å²) in [5.41, 5.74) is -1.06. The van der Waals surface area contributed by atoms with Gasteiger partial charge < -0.3 is 15.2 Å². The third-order valence-corrected chi connectivity index (χ3v) is 1.86. The Morgan fingerprint density at radius 1 is 1.15 bits per heavy atom. The fraction of sp³-hybridized carbons (Fsp3) is 0.800. The predicted octanol–water partition coefficient (Wildman–Crippen LogP) is 2.55. The van der Waals surface area contributed by atoms with E-state index in [1.165, 1.54) is 26.1 Å². The molecule has 0 fully saturated rings. The lowest BCUT2D eigenvalue weighted by atomic mass is 10.1. The van der Waals surface area contributed by atoms with Crippen molar-refractivity contribution in [1.82, 2.24) is 5.32 Å². The molecular weight excluding hydrogens is 293 g/mol. The van der Waals surface area contributed by atoms with E-state index < -0.39 is 42.2 Å². The van der Waals surface area contributed by atoms with Crippen LogP contribution in [0.2, 0.25) is 0 Å². The summed E-state index contributed by atoms with van der Waals surface area (Å²) in [4.78, 5) is 21.8. The largest absolute Gasteiger partial charge is 0.480 e. The minimum absolute atomic E-state index is 1.06. The van der Waals surface area contributed by atoms with Crippen molar-refractivity contribution in [3.8, 4) is 0 Å². The van der Waals surface area contributed by atoms with Gasteiger partial charge in [0.25, 0.3) is 0 Å². The molecule has 0 spiro atoms. The Labute approximate surface area is 111 Å². The van der Waals surface area contributed by atoms with Gasteiger partial charge in [-0.1, -0.05) is 0 Å². The average molecular weight is 307 g/mol. The molecule has 0 saturated heterocycles. The molecule has 0 saturated carbocycles. The molecule has 0 aromatic rings. The fourth-order valence-corrected chi connectivity index (χ4v) is 1.02. The number of hydrogen-bond acceptors (Lipinski definition) is 3. The van der Waals surface area contributed by atoms with Crippen LogP contribution in [0.3, 0.4) is 0 Å². The highest BCUT2D eigenvalue weighted by molar-refractivity contribution is 5.80. The van der Waals surface area contributed by atoms with Crippen LogP contribution < -0.4 is 5.32 Å². The zero-order valence-corrected chi connectivity index (χ0v) is 10.8. The minimum atomic E-state index is -5.91. The first kappa shape index (κ1) is 18.4. The normalized spacial score (nSPS) is 14.6. The van der Waals surface area contributed by atoms with Crippen LogP contribution in [0.1, 0.15) is 27.2 Å². The van der Waals surface area contributed by atoms with Crippen LogP contribution in [0.25, 0.3) is 0 Å². The molecule has 0 radical (unpaired) electrons. The number of halogens is 5. The van der Waals surface area contributed by atoms with Crippen molar-refractivity contribution >= 4 is 12.1 Å². The molecule has 0 bridgehead atoms. The summed E-state index contributed by atoms with van der Waals surface area (Å²) in [5.74, 6) is -7.27. The molecular formula is C10H14F5NO4. The molecule has 118 valence electrons. The van der Waals surface area contributed by atoms with Gasteiger partial charge in [-0.2, -0.15) is 22.0 Å². The zero-order valence-electron chi connectivity index (χ0n) is 10.8. The lowest BCUT2D eigenvalue weighted by molar-refractivity contribution is -0.285. The summed E-state index contributed by atoms with van der Waals surface area (Å²) in [5, 5.41) is 10.0. The van der Waals surface area contributed by atoms with E-state index in [4.69, 9.17) is 5.11 Å². The highest BCUT2D eigenvalue weighted by Crippen LogP contribution is 2.38. The molecule has 5 nitrogen and oxygen atoms in total. The Morgan fingerprint density at radius 3 is 1.90 bits per heavy atom. The number of nitrogens with one attached hydrogen (secondary N) is 1. The van der Waals surface area contributed by atoms with Gasteiger partial charge in [0.1, 0.15) is 11.6 Å². The Bertz CT molecular complexity index is 375. The number of hydrogen-bond donors (Lipinski definition) is 2. The summed E-state index contributed by atoms with van der Waals surface area (Å²) in [6.07, 6.45) is -9.43. The van der Waals surface area contributed by atoms with Gasteiger partial charge in [-0.05, 0) is 20.8 Å². The molecule has 1 amide bonds. The highest BCUT2D eigenvalue weighted by Gasteiger charge is 2.59. The molecule has 1 atom stereocenters. The molecule has 20 heavy (non-hydrogen) atoms. The maximum absolute atomic E-state index is 12.7. The number of alkyl carbamates (subject to hydrolysis) is 1. The van der Waals surface area contributed by atoms with Gasteiger partial charge in [-0.3, -0.25) is 0 Å². The van der Waals surface area contributed by atoms with Gasteiger partial charge in [-0.25, -0.2) is 9.59 Å². The van der Waals surface area contributed by atoms with Gasteiger partial charge in [-0.15, -0.1) is 0 Å². The topological polar surface area (TPSA) is 75.6 Å². The number of alkyl halides is 5. The van der Waals surface area contributed by atoms with Crippen molar-refractivity contribution < 1.29 is 41.4 Å². The maximum atomic E-state index is 12.7. The number of carbonyl (C=O) groups excluding carboxylic acids is 1. The molecule has 0 aliphatic heterocycles. The van der Waals surface area contributed by atoms with Crippen LogP contribution in [0.4, 0.5) is 26.7 Å². The highest BCUT2D eigenvalue weighted by atomic mass is 19.4. The van der Waals surface area contributed by atoms with E-state index in [1.807, 2.05) is 0 Å². The first-order valence-electron chi connectivity index (χ1n) is 5.32. The predicted molar refractivity (Wildman–Crippen MR) is 56.4 cm³/mol. The Balaban J connectivity index is 4.86. The van der Waals surface area contributed by atoms with Crippen LogP contribution in [-0.2, 0) is 9.53 Å². The third-order valence-electron chi connectivity index (χ3n) is 1.86. The number of amides is 1. The Morgan fingerprint density at radius 2 is 1.60 bits per heavy atom. The second-order valence-corrected chi connectivity index (χ2v) is 4.94. The van der Waals surface area contributed by atoms with Crippen LogP contribution >= 0.6 is 0 Å². The van der Waals surface area contributed by atoms with E-state index in [0.717, 1.165) is 0 Å². The summed E-state index contributed by atoms with van der Waals surface area (Å²) in [7, 11) is 0. The summed E-state index contributed by atoms with van der Waals surface area (Å²) >= 11 is 0. The van der Waals surface area contributed by atoms with E-state index in [9.17, 15) is 31.5 Å². The van der Waals surface area contributed by atoms with Crippen LogP contribution in [0, 0.1) is 0 Å². The number of ether oxygens (including phenoxy) is 1. The fourth-order valence-electron chi connectivity index (χ4n) is 1.02. The summed E-state index contributed by atoms with van der Waals surface area (Å²) in [6, 6.07) is -2.43. The molecule has 0 rings (SSSR count). The molecule has 0 aromatic carbocycles. The Hall–Kier alpha value is -1.61. The first-order chi connectivity index (χ1) is 8.66. The third kappa shape index (κ3) is 6.02. The molecule has 0 aliphatic carbocycles. The standard InChI is InChI=1S/C10H14F5NO4/c1-8(2,3)20-7(19)16-5(6(17)18)4-9(11,12)10(13,14)15/h5H,4H2,1-3H3,(H,16,19)(H,17,18).